The van der Waals surface area contributed by atoms with Crippen molar-refractivity contribution in [1.82, 2.24) is 29.8 Å². The number of benzene rings is 4. The molecule has 2 aromatic heterocycles. The Morgan fingerprint density at radius 2 is 1.08 bits per heavy atom. The molecule has 0 aliphatic carbocycles. The van der Waals surface area contributed by atoms with Gasteiger partial charge in [-0.15, -0.1) is 0 Å². The third-order valence-corrected chi connectivity index (χ3v) is 14.8. The lowest BCUT2D eigenvalue weighted by molar-refractivity contribution is -0.0980. The molecule has 390 valence electrons. The fourth-order valence-electron chi connectivity index (χ4n) is 10.3. The molecular formula is C56H60Cl2N10O7. The molecule has 2 amide bonds. The Balaban J connectivity index is 0.000000193. The van der Waals surface area contributed by atoms with E-state index in [-0.39, 0.29) is 12.1 Å². The number of likely N-dealkylation sites (tertiary alicyclic amines) is 1. The molecular weight excluding hydrogens is 996 g/mol. The zero-order chi connectivity index (χ0) is 53.3. The van der Waals surface area contributed by atoms with Gasteiger partial charge in [-0.25, -0.2) is 9.59 Å². The fourth-order valence-corrected chi connectivity index (χ4v) is 10.7. The van der Waals surface area contributed by atoms with E-state index in [2.05, 4.69) is 51.6 Å². The van der Waals surface area contributed by atoms with Crippen molar-refractivity contribution in [2.75, 3.05) is 57.2 Å². The van der Waals surface area contributed by atoms with Gasteiger partial charge >= 0.3 is 12.2 Å². The molecule has 19 heteroatoms. The summed E-state index contributed by atoms with van der Waals surface area (Å²) < 4.78 is 27.2. The molecule has 4 aliphatic heterocycles. The van der Waals surface area contributed by atoms with E-state index in [1.165, 1.54) is 14.2 Å². The molecule has 0 unspecified atom stereocenters. The van der Waals surface area contributed by atoms with Gasteiger partial charge in [0.2, 0.25) is 0 Å². The number of piperidine rings is 2. The largest absolute Gasteiger partial charge is 0.455 e. The van der Waals surface area contributed by atoms with E-state index < -0.39 is 12.2 Å². The molecule has 2 fully saturated rings. The Labute approximate surface area is 447 Å². The van der Waals surface area contributed by atoms with Gasteiger partial charge in [0, 0.05) is 67.9 Å². The first-order chi connectivity index (χ1) is 36.4. The summed E-state index contributed by atoms with van der Waals surface area (Å²) >= 11 is 12.3. The minimum atomic E-state index is -0.412. The number of hydrogen-bond acceptors (Lipinski definition) is 13. The maximum absolute atomic E-state index is 12.7. The van der Waals surface area contributed by atoms with Gasteiger partial charge in [0.1, 0.15) is 41.9 Å². The van der Waals surface area contributed by atoms with Crippen molar-refractivity contribution in [1.29, 1.82) is 10.5 Å². The van der Waals surface area contributed by atoms with Gasteiger partial charge in [0.05, 0.1) is 61.2 Å². The van der Waals surface area contributed by atoms with Gasteiger partial charge in [-0.2, -0.15) is 20.7 Å². The summed E-state index contributed by atoms with van der Waals surface area (Å²) in [6, 6.07) is 22.8. The number of nitrogens with zero attached hydrogens (tertiary/aromatic N) is 9. The summed E-state index contributed by atoms with van der Waals surface area (Å²) in [6.45, 7) is 10.0. The first-order valence-corrected chi connectivity index (χ1v) is 25.7. The van der Waals surface area contributed by atoms with Crippen LogP contribution in [-0.2, 0) is 27.1 Å². The normalized spacial score (nSPS) is 17.6. The number of anilines is 2. The average molecular weight is 1060 g/mol. The van der Waals surface area contributed by atoms with Crippen LogP contribution in [0.3, 0.4) is 0 Å². The topological polar surface area (TPSA) is 193 Å². The summed E-state index contributed by atoms with van der Waals surface area (Å²) in [5.74, 6) is 2.04. The summed E-state index contributed by atoms with van der Waals surface area (Å²) in [7, 11) is 4.92. The Hall–Kier alpha value is -7.41. The third kappa shape index (κ3) is 11.6. The Kier molecular flexibility index (Phi) is 17.4. The second kappa shape index (κ2) is 24.3. The summed E-state index contributed by atoms with van der Waals surface area (Å²) in [6.07, 6.45) is 14.1. The number of nitrogens with one attached hydrogen (secondary N) is 1. The van der Waals surface area contributed by atoms with Crippen LogP contribution in [0.4, 0.5) is 21.0 Å². The third-order valence-electron chi connectivity index (χ3n) is 14.4. The van der Waals surface area contributed by atoms with E-state index in [1.54, 1.807) is 46.2 Å². The molecule has 2 saturated heterocycles. The van der Waals surface area contributed by atoms with Gasteiger partial charge in [0.15, 0.2) is 0 Å². The van der Waals surface area contributed by atoms with Gasteiger partial charge < -0.3 is 34.0 Å². The molecule has 17 nitrogen and oxygen atoms in total. The molecule has 75 heavy (non-hydrogen) atoms. The van der Waals surface area contributed by atoms with Gasteiger partial charge in [-0.05, 0) is 159 Å². The number of carbonyl (C=O) groups excluding carboxylic acids is 3. The first-order valence-electron chi connectivity index (χ1n) is 25.0. The summed E-state index contributed by atoms with van der Waals surface area (Å²) in [5.41, 5.74) is 7.52. The molecule has 4 aromatic carbocycles. The molecule has 0 bridgehead atoms. The standard InChI is InChI=1S/C28H30ClN5O3.C27H28ClN5O3.CH2O/c1-18-4-6-24-25(34(18)28(35)36-3)8-7-23(27(24)37-26-9-5-21(29)14-19(26)15-30)20-16-31-33(17-20)22-10-12-32(2)13-11-22;1-17-3-5-23-24(33(17)27(34)35-2)7-6-22(19-15-31-32(16-19)21-9-11-30-12-10-21)26(23)36-25-8-4-20(28)13-18(25)14-29;1-2/h5,7-9,14,16-18,22H,4,6,10-13H2,1-3H3;4,6-8,13,15-17,21,30H,3,5,9-12H2,1-2H3;1H2/t18-;17-;/m00./s1. The smallest absolute Gasteiger partial charge is 0.414 e. The molecule has 0 radical (unpaired) electrons. The predicted molar refractivity (Wildman–Crippen MR) is 287 cm³/mol. The number of hydrogen-bond donors (Lipinski definition) is 1. The Morgan fingerprint density at radius 1 is 0.653 bits per heavy atom. The maximum atomic E-state index is 12.7. The van der Waals surface area contributed by atoms with E-state index in [9.17, 15) is 20.1 Å². The molecule has 0 saturated carbocycles. The van der Waals surface area contributed by atoms with Crippen molar-refractivity contribution in [3.8, 4) is 57.4 Å². The number of halogens is 2. The minimum Gasteiger partial charge on any atom is -0.455 e. The van der Waals surface area contributed by atoms with Gasteiger partial charge in [0.25, 0.3) is 0 Å². The molecule has 2 atom stereocenters. The van der Waals surface area contributed by atoms with Crippen LogP contribution in [-0.4, -0.2) is 103 Å². The lowest BCUT2D eigenvalue weighted by Gasteiger charge is -2.35. The van der Waals surface area contributed by atoms with E-state index in [1.807, 2.05) is 62.0 Å². The van der Waals surface area contributed by atoms with Crippen molar-refractivity contribution in [2.24, 2.45) is 0 Å². The van der Waals surface area contributed by atoms with E-state index in [0.29, 0.717) is 69.1 Å². The lowest BCUT2D eigenvalue weighted by Crippen LogP contribution is -2.42. The lowest BCUT2D eigenvalue weighted by atomic mass is 9.92. The van der Waals surface area contributed by atoms with Crippen molar-refractivity contribution < 1.29 is 33.3 Å². The van der Waals surface area contributed by atoms with Crippen LogP contribution in [0.5, 0.6) is 23.0 Å². The number of methoxy groups -OCH3 is 2. The molecule has 6 heterocycles. The second-order valence-corrected chi connectivity index (χ2v) is 19.9. The quantitative estimate of drug-likeness (QED) is 0.151. The Bertz CT molecular complexity index is 3110. The highest BCUT2D eigenvalue weighted by Crippen LogP contribution is 2.48. The number of nitriles is 2. The van der Waals surface area contributed by atoms with Crippen molar-refractivity contribution in [2.45, 2.75) is 89.4 Å². The number of aromatic nitrogens is 4. The molecule has 4 aliphatic rings. The van der Waals surface area contributed by atoms with E-state index in [4.69, 9.17) is 52.0 Å². The van der Waals surface area contributed by atoms with Crippen molar-refractivity contribution >= 4 is 53.6 Å². The highest BCUT2D eigenvalue weighted by molar-refractivity contribution is 6.31. The van der Waals surface area contributed by atoms with Crippen molar-refractivity contribution in [3.05, 3.63) is 118 Å². The van der Waals surface area contributed by atoms with Crippen molar-refractivity contribution in [3.63, 3.8) is 0 Å². The van der Waals surface area contributed by atoms with Gasteiger partial charge in [-0.1, -0.05) is 23.2 Å². The molecule has 0 spiro atoms. The number of ether oxygens (including phenoxy) is 4. The zero-order valence-electron chi connectivity index (χ0n) is 42.7. The number of amides is 2. The summed E-state index contributed by atoms with van der Waals surface area (Å²) in [4.78, 5) is 39.0. The number of fused-ring (bicyclic) bond motifs is 2. The highest BCUT2D eigenvalue weighted by Gasteiger charge is 2.35. The number of rotatable bonds is 8. The second-order valence-electron chi connectivity index (χ2n) is 19.0. The van der Waals surface area contributed by atoms with Crippen LogP contribution in [0, 0.1) is 22.7 Å². The molecule has 1 N–H and O–H groups in total. The van der Waals surface area contributed by atoms with Crippen LogP contribution in [0.2, 0.25) is 10.0 Å². The SMILES string of the molecule is C=O.COC(=O)N1c2ccc(-c3cnn(C4CCN(C)CC4)c3)c(Oc3ccc(Cl)cc3C#N)c2CC[C@@H]1C.COC(=O)N1c2ccc(-c3cnn(C4CCNCC4)c3)c(Oc3ccc(Cl)cc3C#N)c2CC[C@@H]1C. The number of carbonyl (C=O) groups is 3. The Morgan fingerprint density at radius 3 is 1.49 bits per heavy atom. The first kappa shape index (κ1) is 53.9. The predicted octanol–water partition coefficient (Wildman–Crippen LogP) is 11.6. The van der Waals surface area contributed by atoms with Crippen LogP contribution < -0.4 is 24.6 Å². The molecule has 6 aromatic rings. The van der Waals surface area contributed by atoms with E-state index in [0.717, 1.165) is 109 Å². The fraction of sp³-hybridized carbons (Fsp3) is 0.375. The molecule has 10 rings (SSSR count). The van der Waals surface area contributed by atoms with Crippen LogP contribution >= 0.6 is 23.2 Å². The van der Waals surface area contributed by atoms with Crippen LogP contribution in [0.1, 0.15) is 86.7 Å². The summed E-state index contributed by atoms with van der Waals surface area (Å²) in [5, 5.41) is 33.1. The average Bonchev–Trinajstić information content (AvgIpc) is 4.14. The van der Waals surface area contributed by atoms with E-state index >= 15 is 0 Å². The minimum absolute atomic E-state index is 0.0171. The van der Waals surface area contributed by atoms with Crippen LogP contribution in [0.25, 0.3) is 22.3 Å². The van der Waals surface area contributed by atoms with Crippen LogP contribution in [0.15, 0.2) is 85.5 Å². The zero-order valence-corrected chi connectivity index (χ0v) is 44.2. The highest BCUT2D eigenvalue weighted by atomic mass is 35.5. The monoisotopic (exact) mass is 1050 g/mol. The van der Waals surface area contributed by atoms with Gasteiger partial charge in [-0.3, -0.25) is 19.2 Å². The maximum Gasteiger partial charge on any atom is 0.414 e.